The fourth-order valence-electron chi connectivity index (χ4n) is 2.34. The fourth-order valence-corrected chi connectivity index (χ4v) is 2.54. The normalized spacial score (nSPS) is 10.7. The van der Waals surface area contributed by atoms with Crippen LogP contribution in [-0.2, 0) is 11.3 Å². The predicted molar refractivity (Wildman–Crippen MR) is 101 cm³/mol. The Balaban J connectivity index is 2.03. The molecule has 0 radical (unpaired) electrons. The van der Waals surface area contributed by atoms with E-state index < -0.39 is 0 Å². The molecule has 0 saturated carbocycles. The molecular formula is C20H22ClNO3. The van der Waals surface area contributed by atoms with Crippen LogP contribution in [0.2, 0.25) is 5.02 Å². The van der Waals surface area contributed by atoms with Crippen LogP contribution in [0.25, 0.3) is 6.08 Å². The largest absolute Gasteiger partial charge is 0.493 e. The molecule has 0 heterocycles. The number of hydrogen-bond acceptors (Lipinski definition) is 3. The summed E-state index contributed by atoms with van der Waals surface area (Å²) in [6, 6.07) is 13.0. The van der Waals surface area contributed by atoms with Gasteiger partial charge in [-0.3, -0.25) is 4.79 Å². The van der Waals surface area contributed by atoms with E-state index >= 15 is 0 Å². The molecule has 0 fully saturated rings. The van der Waals surface area contributed by atoms with Gasteiger partial charge in [0.25, 0.3) is 0 Å². The lowest BCUT2D eigenvalue weighted by Gasteiger charge is -2.17. The van der Waals surface area contributed by atoms with E-state index in [1.54, 1.807) is 31.2 Å². The molecule has 1 amide bonds. The van der Waals surface area contributed by atoms with Crippen molar-refractivity contribution in [2.45, 2.75) is 13.5 Å². The van der Waals surface area contributed by atoms with E-state index in [9.17, 15) is 4.79 Å². The monoisotopic (exact) mass is 359 g/mol. The number of rotatable bonds is 7. The zero-order valence-electron chi connectivity index (χ0n) is 14.7. The van der Waals surface area contributed by atoms with Gasteiger partial charge in [0.2, 0.25) is 5.91 Å². The molecule has 25 heavy (non-hydrogen) atoms. The van der Waals surface area contributed by atoms with Crippen molar-refractivity contribution in [3.63, 3.8) is 0 Å². The second kappa shape index (κ2) is 9.14. The maximum atomic E-state index is 12.3. The molecule has 5 heteroatoms. The third-order valence-corrected chi connectivity index (χ3v) is 3.83. The molecule has 4 nitrogen and oxygen atoms in total. The highest BCUT2D eigenvalue weighted by molar-refractivity contribution is 6.30. The van der Waals surface area contributed by atoms with Gasteiger partial charge in [0.1, 0.15) is 0 Å². The number of methoxy groups -OCH3 is 1. The first kappa shape index (κ1) is 18.9. The summed E-state index contributed by atoms with van der Waals surface area (Å²) in [5, 5.41) is 0.643. The van der Waals surface area contributed by atoms with Crippen molar-refractivity contribution in [2.24, 2.45) is 0 Å². The van der Waals surface area contributed by atoms with E-state index in [1.165, 1.54) is 6.08 Å². The first-order chi connectivity index (χ1) is 12.0. The van der Waals surface area contributed by atoms with Crippen molar-refractivity contribution < 1.29 is 14.3 Å². The Morgan fingerprint density at radius 1 is 1.20 bits per heavy atom. The highest BCUT2D eigenvalue weighted by Crippen LogP contribution is 2.28. The Labute approximate surface area is 153 Å². The first-order valence-electron chi connectivity index (χ1n) is 8.02. The zero-order valence-corrected chi connectivity index (χ0v) is 15.4. The summed E-state index contributed by atoms with van der Waals surface area (Å²) in [5.41, 5.74) is 1.85. The predicted octanol–water partition coefficient (Wildman–Crippen LogP) is 4.42. The molecule has 2 rings (SSSR count). The second-order valence-electron chi connectivity index (χ2n) is 5.50. The highest BCUT2D eigenvalue weighted by Gasteiger charge is 2.09. The van der Waals surface area contributed by atoms with Crippen LogP contribution in [0.3, 0.4) is 0 Å². The quantitative estimate of drug-likeness (QED) is 0.687. The van der Waals surface area contributed by atoms with Gasteiger partial charge in [-0.1, -0.05) is 29.8 Å². The lowest BCUT2D eigenvalue weighted by molar-refractivity contribution is -0.125. The minimum absolute atomic E-state index is 0.0900. The van der Waals surface area contributed by atoms with Crippen molar-refractivity contribution in [1.29, 1.82) is 0 Å². The van der Waals surface area contributed by atoms with Gasteiger partial charge in [-0.2, -0.15) is 0 Å². The lowest BCUT2D eigenvalue weighted by atomic mass is 10.2. The fraction of sp³-hybridized carbons (Fsp3) is 0.250. The number of amides is 1. The van der Waals surface area contributed by atoms with E-state index in [2.05, 4.69) is 0 Å². The van der Waals surface area contributed by atoms with Crippen LogP contribution < -0.4 is 9.47 Å². The van der Waals surface area contributed by atoms with E-state index in [4.69, 9.17) is 21.1 Å². The molecule has 0 aliphatic heterocycles. The standard InChI is InChI=1S/C20H22ClNO3/c1-4-25-18-10-8-16(13-19(18)24-3)14-22(2)20(23)11-9-15-6-5-7-17(21)12-15/h5-13H,4,14H2,1-3H3/b11-9+. The van der Waals surface area contributed by atoms with E-state index in [-0.39, 0.29) is 5.91 Å². The Kier molecular flexibility index (Phi) is 6.90. The maximum Gasteiger partial charge on any atom is 0.246 e. The molecule has 0 spiro atoms. The van der Waals surface area contributed by atoms with Crippen molar-refractivity contribution >= 4 is 23.6 Å². The number of benzene rings is 2. The molecule has 0 aromatic heterocycles. The average molecular weight is 360 g/mol. The van der Waals surface area contributed by atoms with Crippen LogP contribution in [0.4, 0.5) is 0 Å². The van der Waals surface area contributed by atoms with Crippen LogP contribution in [0.1, 0.15) is 18.1 Å². The smallest absolute Gasteiger partial charge is 0.246 e. The second-order valence-corrected chi connectivity index (χ2v) is 5.94. The first-order valence-corrected chi connectivity index (χ1v) is 8.39. The van der Waals surface area contributed by atoms with E-state index in [0.717, 1.165) is 11.1 Å². The van der Waals surface area contributed by atoms with Gasteiger partial charge in [0.05, 0.1) is 13.7 Å². The average Bonchev–Trinajstić information content (AvgIpc) is 2.61. The summed E-state index contributed by atoms with van der Waals surface area (Å²) in [4.78, 5) is 13.9. The summed E-state index contributed by atoms with van der Waals surface area (Å²) >= 11 is 5.94. The van der Waals surface area contributed by atoms with E-state index in [0.29, 0.717) is 29.7 Å². The molecule has 0 unspecified atom stereocenters. The lowest BCUT2D eigenvalue weighted by Crippen LogP contribution is -2.24. The van der Waals surface area contributed by atoms with Gasteiger partial charge in [0, 0.05) is 24.7 Å². The third kappa shape index (κ3) is 5.54. The third-order valence-electron chi connectivity index (χ3n) is 3.59. The number of likely N-dealkylation sites (N-methyl/N-ethyl adjacent to an activating group) is 1. The Hall–Kier alpha value is -2.46. The van der Waals surface area contributed by atoms with Gasteiger partial charge >= 0.3 is 0 Å². The minimum atomic E-state index is -0.0900. The molecular weight excluding hydrogens is 338 g/mol. The molecule has 0 bridgehead atoms. The Morgan fingerprint density at radius 3 is 2.68 bits per heavy atom. The van der Waals surface area contributed by atoms with Gasteiger partial charge in [-0.25, -0.2) is 0 Å². The van der Waals surface area contributed by atoms with Crippen molar-refractivity contribution in [3.8, 4) is 11.5 Å². The number of carbonyl (C=O) groups excluding carboxylic acids is 1. The minimum Gasteiger partial charge on any atom is -0.493 e. The molecule has 0 N–H and O–H groups in total. The van der Waals surface area contributed by atoms with Gasteiger partial charge in [0.15, 0.2) is 11.5 Å². The Bertz CT molecular complexity index is 758. The van der Waals surface area contributed by atoms with Crippen molar-refractivity contribution in [1.82, 2.24) is 4.90 Å². The van der Waals surface area contributed by atoms with Crippen LogP contribution in [0.5, 0.6) is 11.5 Å². The highest BCUT2D eigenvalue weighted by atomic mass is 35.5. The summed E-state index contributed by atoms with van der Waals surface area (Å²) < 4.78 is 10.8. The molecule has 0 aliphatic carbocycles. The number of nitrogens with zero attached hydrogens (tertiary/aromatic N) is 1. The molecule has 2 aromatic carbocycles. The van der Waals surface area contributed by atoms with Gasteiger partial charge in [-0.15, -0.1) is 0 Å². The number of ether oxygens (including phenoxy) is 2. The maximum absolute atomic E-state index is 12.3. The number of halogens is 1. The zero-order chi connectivity index (χ0) is 18.2. The SMILES string of the molecule is CCOc1ccc(CN(C)C(=O)/C=C/c2cccc(Cl)c2)cc1OC. The van der Waals surface area contributed by atoms with Crippen LogP contribution in [0.15, 0.2) is 48.5 Å². The molecule has 2 aromatic rings. The van der Waals surface area contributed by atoms with Crippen molar-refractivity contribution in [3.05, 3.63) is 64.7 Å². The summed E-state index contributed by atoms with van der Waals surface area (Å²) in [6.07, 6.45) is 3.29. The van der Waals surface area contributed by atoms with Crippen LogP contribution in [-0.4, -0.2) is 31.6 Å². The van der Waals surface area contributed by atoms with Crippen LogP contribution >= 0.6 is 11.6 Å². The topological polar surface area (TPSA) is 38.8 Å². The summed E-state index contributed by atoms with van der Waals surface area (Å²) in [6.45, 7) is 2.97. The molecule has 0 atom stereocenters. The molecule has 0 aliphatic rings. The van der Waals surface area contributed by atoms with Crippen LogP contribution in [0, 0.1) is 0 Å². The summed E-state index contributed by atoms with van der Waals surface area (Å²) in [5.74, 6) is 1.27. The Morgan fingerprint density at radius 2 is 2.00 bits per heavy atom. The van der Waals surface area contributed by atoms with Gasteiger partial charge in [-0.05, 0) is 48.4 Å². The van der Waals surface area contributed by atoms with Crippen molar-refractivity contribution in [2.75, 3.05) is 20.8 Å². The summed E-state index contributed by atoms with van der Waals surface area (Å²) in [7, 11) is 3.36. The molecule has 0 saturated heterocycles. The van der Waals surface area contributed by atoms with E-state index in [1.807, 2.05) is 43.3 Å². The molecule has 132 valence electrons. The number of carbonyl (C=O) groups is 1. The van der Waals surface area contributed by atoms with Gasteiger partial charge < -0.3 is 14.4 Å². The number of hydrogen-bond donors (Lipinski definition) is 0.